The molecule has 1 unspecified atom stereocenters. The third-order valence-electron chi connectivity index (χ3n) is 3.94. The van der Waals surface area contributed by atoms with Crippen molar-refractivity contribution in [2.45, 2.75) is 32.7 Å². The van der Waals surface area contributed by atoms with E-state index in [0.29, 0.717) is 24.0 Å². The highest BCUT2D eigenvalue weighted by Crippen LogP contribution is 2.45. The molecule has 0 saturated heterocycles. The Balaban J connectivity index is 1.87. The summed E-state index contributed by atoms with van der Waals surface area (Å²) in [6, 6.07) is 3.99. The SMILES string of the molecule is Cc1ccc(C(C)NC(=O)NCC2(C(=O)O)CC2)cc1F. The van der Waals surface area contributed by atoms with E-state index in [1.807, 2.05) is 0 Å². The molecule has 1 aliphatic carbocycles. The van der Waals surface area contributed by atoms with Crippen LogP contribution in [0.25, 0.3) is 0 Å². The highest BCUT2D eigenvalue weighted by atomic mass is 19.1. The highest BCUT2D eigenvalue weighted by molar-refractivity contribution is 5.80. The quantitative estimate of drug-likeness (QED) is 0.780. The van der Waals surface area contributed by atoms with Crippen molar-refractivity contribution in [2.75, 3.05) is 6.54 Å². The molecule has 2 amide bonds. The van der Waals surface area contributed by atoms with Gasteiger partial charge in [0.25, 0.3) is 0 Å². The molecule has 21 heavy (non-hydrogen) atoms. The molecule has 1 fully saturated rings. The van der Waals surface area contributed by atoms with Gasteiger partial charge in [0.15, 0.2) is 0 Å². The number of carboxylic acid groups (broad SMARTS) is 1. The average Bonchev–Trinajstić information content (AvgIpc) is 3.21. The molecular weight excluding hydrogens is 275 g/mol. The van der Waals surface area contributed by atoms with Crippen LogP contribution in [-0.2, 0) is 4.79 Å². The second-order valence-corrected chi connectivity index (χ2v) is 5.64. The maximum atomic E-state index is 13.5. The molecule has 0 aromatic heterocycles. The number of aryl methyl sites for hydroxylation is 1. The third-order valence-corrected chi connectivity index (χ3v) is 3.94. The van der Waals surface area contributed by atoms with E-state index in [0.717, 1.165) is 0 Å². The fraction of sp³-hybridized carbons (Fsp3) is 0.467. The number of carbonyl (C=O) groups excluding carboxylic acids is 1. The van der Waals surface area contributed by atoms with E-state index in [2.05, 4.69) is 10.6 Å². The molecule has 2 rings (SSSR count). The first-order valence-electron chi connectivity index (χ1n) is 6.88. The number of nitrogens with one attached hydrogen (secondary N) is 2. The lowest BCUT2D eigenvalue weighted by Crippen LogP contribution is -2.41. The number of carbonyl (C=O) groups is 2. The van der Waals surface area contributed by atoms with Crippen LogP contribution in [0, 0.1) is 18.2 Å². The van der Waals surface area contributed by atoms with E-state index in [-0.39, 0.29) is 18.4 Å². The number of halogens is 1. The van der Waals surface area contributed by atoms with Crippen LogP contribution in [0.3, 0.4) is 0 Å². The molecule has 0 bridgehead atoms. The van der Waals surface area contributed by atoms with Crippen LogP contribution < -0.4 is 10.6 Å². The van der Waals surface area contributed by atoms with E-state index in [9.17, 15) is 14.0 Å². The number of hydrogen-bond donors (Lipinski definition) is 3. The molecule has 5 nitrogen and oxygen atoms in total. The van der Waals surface area contributed by atoms with Crippen molar-refractivity contribution in [3.63, 3.8) is 0 Å². The minimum Gasteiger partial charge on any atom is -0.481 e. The Kier molecular flexibility index (Phi) is 4.16. The summed E-state index contributed by atoms with van der Waals surface area (Å²) in [6.45, 7) is 3.53. The van der Waals surface area contributed by atoms with Crippen molar-refractivity contribution in [3.8, 4) is 0 Å². The minimum atomic E-state index is -0.878. The largest absolute Gasteiger partial charge is 0.481 e. The van der Waals surface area contributed by atoms with Crippen LogP contribution in [0.2, 0.25) is 0 Å². The number of rotatable bonds is 5. The summed E-state index contributed by atoms with van der Waals surface area (Å²) in [4.78, 5) is 22.8. The number of hydrogen-bond acceptors (Lipinski definition) is 2. The standard InChI is InChI=1S/C15H19FN2O3/c1-9-3-4-11(7-12(9)16)10(2)18-14(21)17-8-15(5-6-15)13(19)20/h3-4,7,10H,5-6,8H2,1-2H3,(H,19,20)(H2,17,18,21). The van der Waals surface area contributed by atoms with Gasteiger partial charge in [-0.25, -0.2) is 9.18 Å². The minimum absolute atomic E-state index is 0.114. The van der Waals surface area contributed by atoms with Gasteiger partial charge in [0, 0.05) is 6.54 Å². The van der Waals surface area contributed by atoms with Gasteiger partial charge in [-0.3, -0.25) is 4.79 Å². The number of urea groups is 1. The molecule has 114 valence electrons. The Labute approximate surface area is 122 Å². The highest BCUT2D eigenvalue weighted by Gasteiger charge is 2.50. The lowest BCUT2D eigenvalue weighted by atomic mass is 10.1. The van der Waals surface area contributed by atoms with Gasteiger partial charge in [0.2, 0.25) is 0 Å². The first kappa shape index (κ1) is 15.3. The summed E-state index contributed by atoms with van der Waals surface area (Å²) in [6.07, 6.45) is 1.17. The van der Waals surface area contributed by atoms with Gasteiger partial charge in [-0.15, -0.1) is 0 Å². The van der Waals surface area contributed by atoms with Crippen LogP contribution in [0.15, 0.2) is 18.2 Å². The van der Waals surface area contributed by atoms with Crippen molar-refractivity contribution in [1.82, 2.24) is 10.6 Å². The predicted molar refractivity (Wildman–Crippen MR) is 75.4 cm³/mol. The fourth-order valence-electron chi connectivity index (χ4n) is 2.08. The van der Waals surface area contributed by atoms with E-state index >= 15 is 0 Å². The molecular formula is C15H19FN2O3. The maximum Gasteiger partial charge on any atom is 0.315 e. The van der Waals surface area contributed by atoms with Crippen LogP contribution in [0.5, 0.6) is 0 Å². The van der Waals surface area contributed by atoms with Crippen LogP contribution in [0.1, 0.15) is 36.9 Å². The van der Waals surface area contributed by atoms with Gasteiger partial charge in [0.05, 0.1) is 11.5 Å². The molecule has 0 radical (unpaired) electrons. The van der Waals surface area contributed by atoms with Crippen molar-refractivity contribution in [1.29, 1.82) is 0 Å². The van der Waals surface area contributed by atoms with Gasteiger partial charge in [-0.05, 0) is 43.9 Å². The van der Waals surface area contributed by atoms with E-state index in [1.54, 1.807) is 26.0 Å². The Morgan fingerprint density at radius 1 is 1.43 bits per heavy atom. The smallest absolute Gasteiger partial charge is 0.315 e. The van der Waals surface area contributed by atoms with E-state index in [1.165, 1.54) is 6.07 Å². The summed E-state index contributed by atoms with van der Waals surface area (Å²) in [5, 5.41) is 14.3. The number of amides is 2. The summed E-state index contributed by atoms with van der Waals surface area (Å²) >= 11 is 0. The summed E-state index contributed by atoms with van der Waals surface area (Å²) in [5.41, 5.74) is 0.413. The number of aliphatic carboxylic acids is 1. The van der Waals surface area contributed by atoms with Crippen LogP contribution >= 0.6 is 0 Å². The molecule has 1 aliphatic rings. The molecule has 0 heterocycles. The van der Waals surface area contributed by atoms with Crippen LogP contribution in [0.4, 0.5) is 9.18 Å². The zero-order chi connectivity index (χ0) is 15.6. The molecule has 1 saturated carbocycles. The average molecular weight is 294 g/mol. The second-order valence-electron chi connectivity index (χ2n) is 5.64. The molecule has 1 aromatic rings. The Bertz CT molecular complexity index is 570. The van der Waals surface area contributed by atoms with E-state index in [4.69, 9.17) is 5.11 Å². The summed E-state index contributed by atoms with van der Waals surface area (Å²) in [5.74, 6) is -1.19. The van der Waals surface area contributed by atoms with Crippen molar-refractivity contribution >= 4 is 12.0 Å². The monoisotopic (exact) mass is 294 g/mol. The molecule has 6 heteroatoms. The zero-order valence-electron chi connectivity index (χ0n) is 12.1. The van der Waals surface area contributed by atoms with Gasteiger partial charge in [0.1, 0.15) is 5.82 Å². The molecule has 1 atom stereocenters. The van der Waals surface area contributed by atoms with Crippen molar-refractivity contribution < 1.29 is 19.1 Å². The van der Waals surface area contributed by atoms with E-state index < -0.39 is 17.4 Å². The van der Waals surface area contributed by atoms with Crippen molar-refractivity contribution in [2.24, 2.45) is 5.41 Å². The fourth-order valence-corrected chi connectivity index (χ4v) is 2.08. The predicted octanol–water partition coefficient (Wildman–Crippen LogP) is 2.36. The molecule has 1 aromatic carbocycles. The zero-order valence-corrected chi connectivity index (χ0v) is 12.1. The lowest BCUT2D eigenvalue weighted by Gasteiger charge is -2.17. The molecule has 0 aliphatic heterocycles. The number of benzene rings is 1. The van der Waals surface area contributed by atoms with Gasteiger partial charge >= 0.3 is 12.0 Å². The first-order chi connectivity index (χ1) is 9.84. The molecule has 3 N–H and O–H groups in total. The maximum absolute atomic E-state index is 13.5. The van der Waals surface area contributed by atoms with Gasteiger partial charge < -0.3 is 15.7 Å². The lowest BCUT2D eigenvalue weighted by molar-refractivity contribution is -0.143. The Morgan fingerprint density at radius 2 is 2.10 bits per heavy atom. The second kappa shape index (κ2) is 5.71. The van der Waals surface area contributed by atoms with Gasteiger partial charge in [-0.1, -0.05) is 12.1 Å². The summed E-state index contributed by atoms with van der Waals surface area (Å²) < 4.78 is 13.5. The topological polar surface area (TPSA) is 78.4 Å². The first-order valence-corrected chi connectivity index (χ1v) is 6.88. The van der Waals surface area contributed by atoms with Gasteiger partial charge in [-0.2, -0.15) is 0 Å². The Morgan fingerprint density at radius 3 is 2.62 bits per heavy atom. The Hall–Kier alpha value is -2.11. The van der Waals surface area contributed by atoms with Crippen LogP contribution in [-0.4, -0.2) is 23.7 Å². The number of carboxylic acids is 1. The normalized spacial score (nSPS) is 16.9. The summed E-state index contributed by atoms with van der Waals surface area (Å²) in [7, 11) is 0. The molecule has 0 spiro atoms. The third kappa shape index (κ3) is 3.51. The van der Waals surface area contributed by atoms with Crippen molar-refractivity contribution in [3.05, 3.63) is 35.1 Å².